The molecule has 4 nitrogen and oxygen atoms in total. The summed E-state index contributed by atoms with van der Waals surface area (Å²) in [7, 11) is 2.13. The highest BCUT2D eigenvalue weighted by Crippen LogP contribution is 2.16. The predicted octanol–water partition coefficient (Wildman–Crippen LogP) is -0.00350. The number of likely N-dealkylation sites (tertiary alicyclic amines) is 1. The maximum Gasteiger partial charge on any atom is 0.312 e. The zero-order chi connectivity index (χ0) is 8.97. The van der Waals surface area contributed by atoms with Crippen molar-refractivity contribution >= 4 is 6.03 Å². The number of nitrogens with zero attached hydrogens (tertiary/aromatic N) is 1. The first-order valence-corrected chi connectivity index (χ1v) is 4.40. The van der Waals surface area contributed by atoms with Crippen LogP contribution >= 0.6 is 0 Å². The van der Waals surface area contributed by atoms with Gasteiger partial charge in [-0.3, -0.25) is 0 Å². The minimum Gasteiger partial charge on any atom is -0.352 e. The van der Waals surface area contributed by atoms with Gasteiger partial charge in [-0.25, -0.2) is 4.79 Å². The zero-order valence-electron chi connectivity index (χ0n) is 7.55. The molecule has 0 aromatic heterocycles. The third-order valence-corrected chi connectivity index (χ3v) is 2.34. The van der Waals surface area contributed by atoms with E-state index in [1.165, 1.54) is 13.0 Å². The van der Waals surface area contributed by atoms with Gasteiger partial charge in [-0.15, -0.1) is 0 Å². The Balaban J connectivity index is 2.04. The van der Waals surface area contributed by atoms with Gasteiger partial charge in [-0.2, -0.15) is 0 Å². The van der Waals surface area contributed by atoms with Crippen LogP contribution in [0.4, 0.5) is 4.79 Å². The van der Waals surface area contributed by atoms with Gasteiger partial charge in [0.1, 0.15) is 0 Å². The average molecular weight is 171 g/mol. The van der Waals surface area contributed by atoms with Crippen molar-refractivity contribution in [2.24, 2.45) is 11.7 Å². The predicted molar refractivity (Wildman–Crippen MR) is 47.8 cm³/mol. The van der Waals surface area contributed by atoms with Crippen molar-refractivity contribution < 1.29 is 4.79 Å². The molecule has 1 rings (SSSR count). The second-order valence-electron chi connectivity index (χ2n) is 3.50. The number of amides is 2. The molecule has 12 heavy (non-hydrogen) atoms. The molecule has 0 aromatic carbocycles. The Morgan fingerprint density at radius 1 is 1.75 bits per heavy atom. The number of hydrogen-bond donors (Lipinski definition) is 2. The van der Waals surface area contributed by atoms with Crippen molar-refractivity contribution in [2.75, 3.05) is 26.7 Å². The van der Waals surface area contributed by atoms with Crippen molar-refractivity contribution in [3.8, 4) is 0 Å². The molecule has 1 saturated heterocycles. The van der Waals surface area contributed by atoms with Gasteiger partial charge in [0.25, 0.3) is 0 Å². The molecule has 0 aromatic rings. The molecule has 1 heterocycles. The van der Waals surface area contributed by atoms with Crippen molar-refractivity contribution in [3.63, 3.8) is 0 Å². The van der Waals surface area contributed by atoms with Crippen molar-refractivity contribution in [1.82, 2.24) is 10.2 Å². The minimum atomic E-state index is -0.415. The van der Waals surface area contributed by atoms with Crippen molar-refractivity contribution in [3.05, 3.63) is 0 Å². The third-order valence-electron chi connectivity index (χ3n) is 2.34. The Morgan fingerprint density at radius 3 is 3.00 bits per heavy atom. The van der Waals surface area contributed by atoms with Gasteiger partial charge in [0, 0.05) is 13.1 Å². The summed E-state index contributed by atoms with van der Waals surface area (Å²) in [6.07, 6.45) is 2.30. The molecule has 70 valence electrons. The number of carbonyl (C=O) groups is 1. The van der Waals surface area contributed by atoms with Gasteiger partial charge in [0.05, 0.1) is 0 Å². The van der Waals surface area contributed by atoms with E-state index in [9.17, 15) is 4.79 Å². The molecule has 0 bridgehead atoms. The number of hydrogen-bond acceptors (Lipinski definition) is 2. The van der Waals surface area contributed by atoms with E-state index >= 15 is 0 Å². The van der Waals surface area contributed by atoms with E-state index in [2.05, 4.69) is 17.3 Å². The Morgan fingerprint density at radius 2 is 2.50 bits per heavy atom. The first-order valence-electron chi connectivity index (χ1n) is 4.40. The van der Waals surface area contributed by atoms with E-state index < -0.39 is 6.03 Å². The Hall–Kier alpha value is -0.770. The Kier molecular flexibility index (Phi) is 3.34. The van der Waals surface area contributed by atoms with E-state index in [0.29, 0.717) is 6.54 Å². The largest absolute Gasteiger partial charge is 0.352 e. The lowest BCUT2D eigenvalue weighted by Gasteiger charge is -2.09. The van der Waals surface area contributed by atoms with E-state index in [1.54, 1.807) is 0 Å². The summed E-state index contributed by atoms with van der Waals surface area (Å²) in [6.45, 7) is 3.05. The standard InChI is InChI=1S/C8H17N3O/c1-11-5-3-7(6-11)2-4-10-8(9)12/h7H,2-6H2,1H3,(H3,9,10,12). The minimum absolute atomic E-state index is 0.415. The van der Waals surface area contributed by atoms with Gasteiger partial charge in [-0.1, -0.05) is 0 Å². The molecule has 1 fully saturated rings. The molecule has 4 heteroatoms. The molecule has 2 amide bonds. The number of rotatable bonds is 3. The number of nitrogens with one attached hydrogen (secondary N) is 1. The lowest BCUT2D eigenvalue weighted by molar-refractivity contribution is 0.248. The second-order valence-corrected chi connectivity index (χ2v) is 3.50. The summed E-state index contributed by atoms with van der Waals surface area (Å²) < 4.78 is 0. The first-order chi connectivity index (χ1) is 5.68. The summed E-state index contributed by atoms with van der Waals surface area (Å²) in [5.41, 5.74) is 4.94. The van der Waals surface area contributed by atoms with E-state index in [-0.39, 0.29) is 0 Å². The van der Waals surface area contributed by atoms with Gasteiger partial charge >= 0.3 is 6.03 Å². The molecule has 1 atom stereocenters. The van der Waals surface area contributed by atoms with Gasteiger partial charge < -0.3 is 16.0 Å². The number of primary amides is 1. The van der Waals surface area contributed by atoms with Gasteiger partial charge in [-0.05, 0) is 32.4 Å². The molecule has 0 spiro atoms. The van der Waals surface area contributed by atoms with Crippen LogP contribution in [0.15, 0.2) is 0 Å². The fourth-order valence-corrected chi connectivity index (χ4v) is 1.66. The maximum atomic E-state index is 10.3. The topological polar surface area (TPSA) is 58.4 Å². The molecule has 0 aliphatic carbocycles. The van der Waals surface area contributed by atoms with Crippen LogP contribution in [0.3, 0.4) is 0 Å². The van der Waals surface area contributed by atoms with Crippen LogP contribution in [0.2, 0.25) is 0 Å². The lowest BCUT2D eigenvalue weighted by Crippen LogP contribution is -2.31. The zero-order valence-corrected chi connectivity index (χ0v) is 7.55. The quantitative estimate of drug-likeness (QED) is 0.627. The highest BCUT2D eigenvalue weighted by atomic mass is 16.2. The summed E-state index contributed by atoms with van der Waals surface area (Å²) in [6, 6.07) is -0.415. The first kappa shape index (κ1) is 9.32. The second kappa shape index (κ2) is 4.30. The highest BCUT2D eigenvalue weighted by Gasteiger charge is 2.18. The normalized spacial score (nSPS) is 24.2. The molecular weight excluding hydrogens is 154 g/mol. The fraction of sp³-hybridized carbons (Fsp3) is 0.875. The molecule has 0 radical (unpaired) electrons. The molecule has 3 N–H and O–H groups in total. The fourth-order valence-electron chi connectivity index (χ4n) is 1.66. The number of nitrogens with two attached hydrogens (primary N) is 1. The SMILES string of the molecule is CN1CCC(CCNC(N)=O)C1. The van der Waals surface area contributed by atoms with Gasteiger partial charge in [0.2, 0.25) is 0 Å². The van der Waals surface area contributed by atoms with Crippen LogP contribution in [0.1, 0.15) is 12.8 Å². The maximum absolute atomic E-state index is 10.3. The van der Waals surface area contributed by atoms with Crippen LogP contribution in [0.5, 0.6) is 0 Å². The van der Waals surface area contributed by atoms with Crippen LogP contribution < -0.4 is 11.1 Å². The monoisotopic (exact) mass is 171 g/mol. The summed E-state index contributed by atoms with van der Waals surface area (Å²) in [5.74, 6) is 0.738. The van der Waals surface area contributed by atoms with Crippen LogP contribution in [-0.4, -0.2) is 37.6 Å². The average Bonchev–Trinajstić information content (AvgIpc) is 2.35. The smallest absolute Gasteiger partial charge is 0.312 e. The highest BCUT2D eigenvalue weighted by molar-refractivity contribution is 5.71. The van der Waals surface area contributed by atoms with Crippen LogP contribution in [0, 0.1) is 5.92 Å². The Labute approximate surface area is 73.1 Å². The molecule has 1 unspecified atom stereocenters. The Bertz CT molecular complexity index is 160. The molecule has 1 aliphatic rings. The molecular formula is C8H17N3O. The molecule has 0 saturated carbocycles. The van der Waals surface area contributed by atoms with Crippen LogP contribution in [-0.2, 0) is 0 Å². The van der Waals surface area contributed by atoms with E-state index in [4.69, 9.17) is 5.73 Å². The van der Waals surface area contributed by atoms with Gasteiger partial charge in [0.15, 0.2) is 0 Å². The molecule has 1 aliphatic heterocycles. The summed E-state index contributed by atoms with van der Waals surface area (Å²) in [4.78, 5) is 12.7. The van der Waals surface area contributed by atoms with E-state index in [0.717, 1.165) is 18.9 Å². The van der Waals surface area contributed by atoms with Crippen LogP contribution in [0.25, 0.3) is 0 Å². The summed E-state index contributed by atoms with van der Waals surface area (Å²) in [5, 5.41) is 2.61. The third kappa shape index (κ3) is 3.09. The van der Waals surface area contributed by atoms with E-state index in [1.807, 2.05) is 0 Å². The lowest BCUT2D eigenvalue weighted by atomic mass is 10.1. The van der Waals surface area contributed by atoms with Crippen molar-refractivity contribution in [2.45, 2.75) is 12.8 Å². The van der Waals surface area contributed by atoms with Crippen molar-refractivity contribution in [1.29, 1.82) is 0 Å². The number of urea groups is 1. The summed E-state index contributed by atoms with van der Waals surface area (Å²) >= 11 is 0. The number of carbonyl (C=O) groups excluding carboxylic acids is 1.